The molecule has 0 aromatic heterocycles. The molecule has 0 saturated carbocycles. The lowest BCUT2D eigenvalue weighted by atomic mass is 10.2. The number of nitrogens with zero attached hydrogens (tertiary/aromatic N) is 1. The van der Waals surface area contributed by atoms with E-state index >= 15 is 0 Å². The van der Waals surface area contributed by atoms with Gasteiger partial charge in [0.1, 0.15) is 11.4 Å². The largest absolute Gasteiger partial charge is 0.481 e. The number of anilines is 1. The van der Waals surface area contributed by atoms with Crippen molar-refractivity contribution in [2.75, 3.05) is 5.32 Å². The van der Waals surface area contributed by atoms with Gasteiger partial charge in [-0.2, -0.15) is 0 Å². The van der Waals surface area contributed by atoms with Crippen molar-refractivity contribution in [1.29, 1.82) is 0 Å². The van der Waals surface area contributed by atoms with Gasteiger partial charge in [-0.05, 0) is 37.3 Å². The van der Waals surface area contributed by atoms with Gasteiger partial charge in [0.25, 0.3) is 11.6 Å². The molecule has 6 nitrogen and oxygen atoms in total. The number of nitro benzene ring substituents is 1. The van der Waals surface area contributed by atoms with Crippen LogP contribution in [0.15, 0.2) is 48.5 Å². The second-order valence-electron chi connectivity index (χ2n) is 4.48. The van der Waals surface area contributed by atoms with Gasteiger partial charge in [0.05, 0.1) is 4.92 Å². The molecule has 0 aliphatic carbocycles. The first kappa shape index (κ1) is 15.8. The maximum Gasteiger partial charge on any atom is 0.292 e. The summed E-state index contributed by atoms with van der Waals surface area (Å²) in [6.45, 7) is 1.55. The SMILES string of the molecule is C[C@H](Oc1ccc(Cl)cc1)C(=O)Nc1ccccc1[N+](=O)[O-]. The summed E-state index contributed by atoms with van der Waals surface area (Å²) in [5.41, 5.74) is -0.0430. The predicted octanol–water partition coefficient (Wildman–Crippen LogP) is 3.65. The molecule has 0 radical (unpaired) electrons. The fraction of sp³-hybridized carbons (Fsp3) is 0.133. The predicted molar refractivity (Wildman–Crippen MR) is 83.3 cm³/mol. The summed E-state index contributed by atoms with van der Waals surface area (Å²) in [6, 6.07) is 12.5. The van der Waals surface area contributed by atoms with E-state index < -0.39 is 16.9 Å². The molecular weight excluding hydrogens is 308 g/mol. The van der Waals surface area contributed by atoms with Crippen molar-refractivity contribution >= 4 is 28.9 Å². The van der Waals surface area contributed by atoms with Crippen LogP contribution in [0, 0.1) is 10.1 Å². The Bertz CT molecular complexity index is 688. The van der Waals surface area contributed by atoms with Crippen molar-refractivity contribution < 1.29 is 14.5 Å². The lowest BCUT2D eigenvalue weighted by Crippen LogP contribution is -2.30. The first-order valence-electron chi connectivity index (χ1n) is 6.44. The highest BCUT2D eigenvalue weighted by Gasteiger charge is 2.19. The Kier molecular flexibility index (Phi) is 4.95. The molecule has 2 aromatic carbocycles. The molecule has 2 rings (SSSR count). The number of para-hydroxylation sites is 2. The van der Waals surface area contributed by atoms with Crippen LogP contribution in [0.2, 0.25) is 5.02 Å². The summed E-state index contributed by atoms with van der Waals surface area (Å²) in [5.74, 6) is -0.00105. The van der Waals surface area contributed by atoms with Crippen LogP contribution in [-0.2, 0) is 4.79 Å². The Morgan fingerprint density at radius 2 is 1.86 bits per heavy atom. The number of halogens is 1. The minimum absolute atomic E-state index is 0.129. The number of carbonyl (C=O) groups is 1. The van der Waals surface area contributed by atoms with Crippen molar-refractivity contribution in [2.45, 2.75) is 13.0 Å². The van der Waals surface area contributed by atoms with E-state index in [1.54, 1.807) is 37.3 Å². The molecule has 114 valence electrons. The van der Waals surface area contributed by atoms with E-state index in [1.165, 1.54) is 18.2 Å². The molecule has 1 atom stereocenters. The highest BCUT2D eigenvalue weighted by atomic mass is 35.5. The van der Waals surface area contributed by atoms with Gasteiger partial charge in [-0.15, -0.1) is 0 Å². The van der Waals surface area contributed by atoms with Crippen molar-refractivity contribution in [1.82, 2.24) is 0 Å². The smallest absolute Gasteiger partial charge is 0.292 e. The van der Waals surface area contributed by atoms with Gasteiger partial charge in [-0.3, -0.25) is 14.9 Å². The number of hydrogen-bond acceptors (Lipinski definition) is 4. The highest BCUT2D eigenvalue weighted by Crippen LogP contribution is 2.24. The van der Waals surface area contributed by atoms with Crippen LogP contribution in [-0.4, -0.2) is 16.9 Å². The number of nitro groups is 1. The van der Waals surface area contributed by atoms with Crippen molar-refractivity contribution in [3.8, 4) is 5.75 Å². The van der Waals surface area contributed by atoms with Crippen LogP contribution >= 0.6 is 11.6 Å². The number of nitrogens with one attached hydrogen (secondary N) is 1. The second kappa shape index (κ2) is 6.91. The molecule has 0 bridgehead atoms. The van der Waals surface area contributed by atoms with Crippen LogP contribution in [0.5, 0.6) is 5.75 Å². The third-order valence-corrected chi connectivity index (χ3v) is 3.11. The van der Waals surface area contributed by atoms with Crippen LogP contribution in [0.3, 0.4) is 0 Å². The van der Waals surface area contributed by atoms with Crippen molar-refractivity contribution in [2.24, 2.45) is 0 Å². The zero-order valence-electron chi connectivity index (χ0n) is 11.7. The summed E-state index contributed by atoms with van der Waals surface area (Å²) in [6.07, 6.45) is -0.819. The third-order valence-electron chi connectivity index (χ3n) is 2.85. The first-order chi connectivity index (χ1) is 10.5. The molecule has 0 fully saturated rings. The molecule has 0 spiro atoms. The Balaban J connectivity index is 2.05. The molecule has 0 aliphatic heterocycles. The topological polar surface area (TPSA) is 81.5 Å². The standard InChI is InChI=1S/C15H13ClN2O4/c1-10(22-12-8-6-11(16)7-9-12)15(19)17-13-4-2-3-5-14(13)18(20)21/h2-10H,1H3,(H,17,19)/t10-/m0/s1. The fourth-order valence-electron chi connectivity index (χ4n) is 1.74. The Morgan fingerprint density at radius 1 is 1.23 bits per heavy atom. The number of carbonyl (C=O) groups excluding carboxylic acids is 1. The van der Waals surface area contributed by atoms with E-state index in [0.717, 1.165) is 0 Å². The zero-order chi connectivity index (χ0) is 16.1. The minimum atomic E-state index is -0.819. The third kappa shape index (κ3) is 3.95. The Morgan fingerprint density at radius 3 is 2.50 bits per heavy atom. The quantitative estimate of drug-likeness (QED) is 0.673. The van der Waals surface area contributed by atoms with Gasteiger partial charge in [0, 0.05) is 11.1 Å². The maximum absolute atomic E-state index is 12.1. The number of benzene rings is 2. The second-order valence-corrected chi connectivity index (χ2v) is 4.91. The lowest BCUT2D eigenvalue weighted by Gasteiger charge is -2.14. The zero-order valence-corrected chi connectivity index (χ0v) is 12.4. The number of rotatable bonds is 5. The summed E-state index contributed by atoms with van der Waals surface area (Å²) >= 11 is 5.77. The molecule has 22 heavy (non-hydrogen) atoms. The average molecular weight is 321 g/mol. The Labute approximate surface area is 131 Å². The van der Waals surface area contributed by atoms with Gasteiger partial charge in [-0.25, -0.2) is 0 Å². The molecule has 0 aliphatic rings. The van der Waals surface area contributed by atoms with Gasteiger partial charge in [-0.1, -0.05) is 23.7 Å². The molecule has 2 aromatic rings. The monoisotopic (exact) mass is 320 g/mol. The molecular formula is C15H13ClN2O4. The molecule has 0 heterocycles. The van der Waals surface area contributed by atoms with Crippen LogP contribution in [0.4, 0.5) is 11.4 Å². The lowest BCUT2D eigenvalue weighted by molar-refractivity contribution is -0.383. The summed E-state index contributed by atoms with van der Waals surface area (Å²) < 4.78 is 5.46. The van der Waals surface area contributed by atoms with E-state index in [0.29, 0.717) is 10.8 Å². The number of hydrogen-bond donors (Lipinski definition) is 1. The van der Waals surface area contributed by atoms with Crippen molar-refractivity contribution in [3.05, 3.63) is 63.7 Å². The van der Waals surface area contributed by atoms with E-state index in [9.17, 15) is 14.9 Å². The van der Waals surface area contributed by atoms with Crippen LogP contribution < -0.4 is 10.1 Å². The molecule has 0 saturated heterocycles. The summed E-state index contributed by atoms with van der Waals surface area (Å²) in [5, 5.41) is 14.0. The normalized spacial score (nSPS) is 11.5. The summed E-state index contributed by atoms with van der Waals surface area (Å²) in [7, 11) is 0. The molecule has 0 unspecified atom stereocenters. The minimum Gasteiger partial charge on any atom is -0.481 e. The van der Waals surface area contributed by atoms with E-state index in [2.05, 4.69) is 5.32 Å². The van der Waals surface area contributed by atoms with E-state index in [-0.39, 0.29) is 11.4 Å². The fourth-order valence-corrected chi connectivity index (χ4v) is 1.87. The van der Waals surface area contributed by atoms with Gasteiger partial charge >= 0.3 is 0 Å². The summed E-state index contributed by atoms with van der Waals surface area (Å²) in [4.78, 5) is 22.4. The molecule has 1 amide bonds. The number of amides is 1. The molecule has 1 N–H and O–H groups in total. The van der Waals surface area contributed by atoms with E-state index in [4.69, 9.17) is 16.3 Å². The average Bonchev–Trinajstić information content (AvgIpc) is 2.49. The van der Waals surface area contributed by atoms with Gasteiger partial charge in [0.2, 0.25) is 0 Å². The van der Waals surface area contributed by atoms with E-state index in [1.807, 2.05) is 0 Å². The highest BCUT2D eigenvalue weighted by molar-refractivity contribution is 6.30. The Hall–Kier alpha value is -2.60. The van der Waals surface area contributed by atoms with Gasteiger partial charge < -0.3 is 10.1 Å². The van der Waals surface area contributed by atoms with Crippen LogP contribution in [0.1, 0.15) is 6.92 Å². The van der Waals surface area contributed by atoms with Crippen LogP contribution in [0.25, 0.3) is 0 Å². The van der Waals surface area contributed by atoms with Gasteiger partial charge in [0.15, 0.2) is 6.10 Å². The maximum atomic E-state index is 12.1. The van der Waals surface area contributed by atoms with Crippen molar-refractivity contribution in [3.63, 3.8) is 0 Å². The molecule has 7 heteroatoms. The first-order valence-corrected chi connectivity index (χ1v) is 6.81. The number of ether oxygens (including phenoxy) is 1.